The Labute approximate surface area is 134 Å². The smallest absolute Gasteiger partial charge is 0.152 e. The molecular formula is C15H16Cl2N4. The maximum atomic E-state index is 8.96. The lowest BCUT2D eigenvalue weighted by Gasteiger charge is -2.06. The minimum absolute atomic E-state index is 0.445. The van der Waals surface area contributed by atoms with Gasteiger partial charge < -0.3 is 10.3 Å². The van der Waals surface area contributed by atoms with Crippen LogP contribution >= 0.6 is 23.2 Å². The average Bonchev–Trinajstić information content (AvgIpc) is 2.84. The number of halogens is 2. The molecule has 1 aromatic heterocycles. The van der Waals surface area contributed by atoms with Crippen LogP contribution in [0.5, 0.6) is 0 Å². The SMILES string of the molecule is CCCCc1nc(Cl)c(CNc2ccc(Cl)c(C#N)c2)[nH]1. The van der Waals surface area contributed by atoms with E-state index in [-0.39, 0.29) is 0 Å². The number of anilines is 1. The summed E-state index contributed by atoms with van der Waals surface area (Å²) in [6, 6.07) is 7.29. The number of nitrogens with zero attached hydrogens (tertiary/aromatic N) is 2. The van der Waals surface area contributed by atoms with Crippen LogP contribution in [0.3, 0.4) is 0 Å². The summed E-state index contributed by atoms with van der Waals surface area (Å²) < 4.78 is 0. The van der Waals surface area contributed by atoms with Gasteiger partial charge in [-0.15, -0.1) is 0 Å². The number of rotatable bonds is 6. The van der Waals surface area contributed by atoms with Crippen LogP contribution in [0.4, 0.5) is 5.69 Å². The number of hydrogen-bond donors (Lipinski definition) is 2. The standard InChI is InChI=1S/C15H16Cl2N4/c1-2-3-4-14-20-13(15(17)21-14)9-19-11-5-6-12(16)10(7-11)8-18/h5-7,19H,2-4,9H2,1H3,(H,20,21). The van der Waals surface area contributed by atoms with Crippen molar-refractivity contribution in [3.63, 3.8) is 0 Å². The maximum Gasteiger partial charge on any atom is 0.152 e. The third-order valence-electron chi connectivity index (χ3n) is 3.10. The lowest BCUT2D eigenvalue weighted by molar-refractivity contribution is 0.760. The molecule has 0 saturated carbocycles. The van der Waals surface area contributed by atoms with E-state index in [1.165, 1.54) is 0 Å². The molecule has 0 aliphatic heterocycles. The molecule has 110 valence electrons. The number of nitrogens with one attached hydrogen (secondary N) is 2. The lowest BCUT2D eigenvalue weighted by atomic mass is 10.2. The van der Waals surface area contributed by atoms with Crippen LogP contribution in [-0.2, 0) is 13.0 Å². The second-order valence-corrected chi connectivity index (χ2v) is 5.48. The molecule has 0 bridgehead atoms. The average molecular weight is 323 g/mol. The number of aryl methyl sites for hydroxylation is 1. The predicted molar refractivity (Wildman–Crippen MR) is 85.7 cm³/mol. The number of H-pyrrole nitrogens is 1. The molecule has 6 heteroatoms. The highest BCUT2D eigenvalue weighted by molar-refractivity contribution is 6.31. The van der Waals surface area contributed by atoms with Gasteiger partial charge in [0.25, 0.3) is 0 Å². The number of benzene rings is 1. The number of nitriles is 1. The van der Waals surface area contributed by atoms with E-state index in [2.05, 4.69) is 28.3 Å². The normalized spacial score (nSPS) is 10.4. The number of hydrogen-bond acceptors (Lipinski definition) is 3. The summed E-state index contributed by atoms with van der Waals surface area (Å²) in [7, 11) is 0. The van der Waals surface area contributed by atoms with Crippen molar-refractivity contribution in [3.8, 4) is 6.07 Å². The van der Waals surface area contributed by atoms with E-state index < -0.39 is 0 Å². The number of imidazole rings is 1. The van der Waals surface area contributed by atoms with Crippen LogP contribution in [0, 0.1) is 11.3 Å². The van der Waals surface area contributed by atoms with Gasteiger partial charge in [-0.1, -0.05) is 36.5 Å². The van der Waals surface area contributed by atoms with E-state index in [0.29, 0.717) is 22.3 Å². The molecule has 2 rings (SSSR count). The van der Waals surface area contributed by atoms with E-state index >= 15 is 0 Å². The molecule has 0 radical (unpaired) electrons. The summed E-state index contributed by atoms with van der Waals surface area (Å²) in [5, 5.41) is 13.1. The molecule has 0 atom stereocenters. The van der Waals surface area contributed by atoms with E-state index in [9.17, 15) is 0 Å². The van der Waals surface area contributed by atoms with Crippen molar-refractivity contribution in [1.82, 2.24) is 9.97 Å². The molecule has 0 saturated heterocycles. The van der Waals surface area contributed by atoms with Crippen LogP contribution in [0.2, 0.25) is 10.2 Å². The van der Waals surface area contributed by atoms with Crippen molar-refractivity contribution in [1.29, 1.82) is 5.26 Å². The van der Waals surface area contributed by atoms with E-state index in [4.69, 9.17) is 28.5 Å². The maximum absolute atomic E-state index is 8.96. The number of aromatic nitrogens is 2. The van der Waals surface area contributed by atoms with Gasteiger partial charge in [-0.3, -0.25) is 0 Å². The summed E-state index contributed by atoms with van der Waals surface area (Å²) in [4.78, 5) is 7.53. The Bertz CT molecular complexity index is 658. The molecule has 0 aliphatic rings. The lowest BCUT2D eigenvalue weighted by Crippen LogP contribution is -2.01. The first-order chi connectivity index (χ1) is 10.1. The zero-order chi connectivity index (χ0) is 15.2. The first kappa shape index (κ1) is 15.7. The minimum Gasteiger partial charge on any atom is -0.379 e. The van der Waals surface area contributed by atoms with Crippen LogP contribution in [0.1, 0.15) is 36.8 Å². The Morgan fingerprint density at radius 3 is 2.90 bits per heavy atom. The van der Waals surface area contributed by atoms with E-state index in [1.807, 2.05) is 6.07 Å². The topological polar surface area (TPSA) is 64.5 Å². The Balaban J connectivity index is 2.03. The van der Waals surface area contributed by atoms with Crippen LogP contribution in [0.15, 0.2) is 18.2 Å². The molecule has 1 aromatic carbocycles. The summed E-state index contributed by atoms with van der Waals surface area (Å²) in [5.74, 6) is 0.910. The molecule has 0 aliphatic carbocycles. The van der Waals surface area contributed by atoms with Gasteiger partial charge in [-0.25, -0.2) is 4.98 Å². The molecule has 0 fully saturated rings. The van der Waals surface area contributed by atoms with Crippen molar-refractivity contribution in [3.05, 3.63) is 45.5 Å². The highest BCUT2D eigenvalue weighted by atomic mass is 35.5. The number of unbranched alkanes of at least 4 members (excludes halogenated alkanes) is 1. The summed E-state index contributed by atoms with van der Waals surface area (Å²) in [6.45, 7) is 2.66. The van der Waals surface area contributed by atoms with Crippen molar-refractivity contribution >= 4 is 28.9 Å². The van der Waals surface area contributed by atoms with Crippen molar-refractivity contribution in [2.75, 3.05) is 5.32 Å². The Kier molecular flexibility index (Phi) is 5.49. The Morgan fingerprint density at radius 1 is 1.38 bits per heavy atom. The minimum atomic E-state index is 0.445. The monoisotopic (exact) mass is 322 g/mol. The van der Waals surface area contributed by atoms with Crippen LogP contribution < -0.4 is 5.32 Å². The third-order valence-corrected chi connectivity index (χ3v) is 3.74. The van der Waals surface area contributed by atoms with Gasteiger partial charge in [0.05, 0.1) is 22.8 Å². The van der Waals surface area contributed by atoms with E-state index in [0.717, 1.165) is 36.5 Å². The summed E-state index contributed by atoms with van der Waals surface area (Å²) in [6.07, 6.45) is 3.10. The molecule has 2 N–H and O–H groups in total. The van der Waals surface area contributed by atoms with Crippen LogP contribution in [-0.4, -0.2) is 9.97 Å². The van der Waals surface area contributed by atoms with Crippen molar-refractivity contribution in [2.45, 2.75) is 32.7 Å². The zero-order valence-electron chi connectivity index (χ0n) is 11.7. The van der Waals surface area contributed by atoms with Gasteiger partial charge in [-0.05, 0) is 24.6 Å². The van der Waals surface area contributed by atoms with Crippen molar-refractivity contribution < 1.29 is 0 Å². The zero-order valence-corrected chi connectivity index (χ0v) is 13.2. The quantitative estimate of drug-likeness (QED) is 0.820. The Morgan fingerprint density at radius 2 is 2.19 bits per heavy atom. The number of aromatic amines is 1. The largest absolute Gasteiger partial charge is 0.379 e. The Hall–Kier alpha value is -1.70. The first-order valence-electron chi connectivity index (χ1n) is 6.80. The highest BCUT2D eigenvalue weighted by Crippen LogP contribution is 2.21. The van der Waals surface area contributed by atoms with Gasteiger partial charge in [0.2, 0.25) is 0 Å². The molecular weight excluding hydrogens is 307 g/mol. The van der Waals surface area contributed by atoms with Gasteiger partial charge in [0.15, 0.2) is 5.15 Å². The summed E-state index contributed by atoms with van der Waals surface area (Å²) in [5.41, 5.74) is 2.11. The van der Waals surface area contributed by atoms with Gasteiger partial charge in [-0.2, -0.15) is 5.26 Å². The molecule has 2 aromatic rings. The molecule has 0 amide bonds. The fourth-order valence-corrected chi connectivity index (χ4v) is 2.31. The first-order valence-corrected chi connectivity index (χ1v) is 7.56. The van der Waals surface area contributed by atoms with Gasteiger partial charge >= 0.3 is 0 Å². The molecule has 1 heterocycles. The van der Waals surface area contributed by atoms with Gasteiger partial charge in [0.1, 0.15) is 11.9 Å². The second-order valence-electron chi connectivity index (χ2n) is 4.72. The van der Waals surface area contributed by atoms with Crippen LogP contribution in [0.25, 0.3) is 0 Å². The van der Waals surface area contributed by atoms with Gasteiger partial charge in [0, 0.05) is 12.1 Å². The van der Waals surface area contributed by atoms with Crippen molar-refractivity contribution in [2.24, 2.45) is 0 Å². The molecule has 0 unspecified atom stereocenters. The molecule has 0 spiro atoms. The highest BCUT2D eigenvalue weighted by Gasteiger charge is 2.08. The molecule has 4 nitrogen and oxygen atoms in total. The fraction of sp³-hybridized carbons (Fsp3) is 0.333. The third kappa shape index (κ3) is 4.13. The second kappa shape index (κ2) is 7.35. The predicted octanol–water partition coefficient (Wildman–Crippen LogP) is 4.54. The summed E-state index contributed by atoms with van der Waals surface area (Å²) >= 11 is 12.0. The fourth-order valence-electron chi connectivity index (χ4n) is 1.93. The molecule has 21 heavy (non-hydrogen) atoms. The van der Waals surface area contributed by atoms with E-state index in [1.54, 1.807) is 12.1 Å².